The number of methoxy groups -OCH3 is 1. The number of carbonyl (C=O) groups is 4. The maximum atomic E-state index is 13.6. The van der Waals surface area contributed by atoms with Crippen LogP contribution >= 0.6 is 0 Å². The van der Waals surface area contributed by atoms with Crippen LogP contribution < -0.4 is 4.74 Å². The van der Waals surface area contributed by atoms with Crippen LogP contribution in [0, 0.1) is 30.9 Å². The number of non-ortho nitro benzene ring substituents is 1. The van der Waals surface area contributed by atoms with Gasteiger partial charge in [0.15, 0.2) is 24.6 Å². The fourth-order valence-electron chi connectivity index (χ4n) is 5.16. The first-order chi connectivity index (χ1) is 24.9. The number of rotatable bonds is 11. The van der Waals surface area contributed by atoms with E-state index in [2.05, 4.69) is 0 Å². The summed E-state index contributed by atoms with van der Waals surface area (Å²) in [6, 6.07) is 24.2. The molecule has 1 aliphatic rings. The molecule has 14 heteroatoms. The Morgan fingerprint density at radius 3 is 1.48 bits per heavy atom. The van der Waals surface area contributed by atoms with Gasteiger partial charge in [-0.2, -0.15) is 0 Å². The summed E-state index contributed by atoms with van der Waals surface area (Å²) in [6.07, 6.45) is -8.61. The van der Waals surface area contributed by atoms with Crippen molar-refractivity contribution in [2.24, 2.45) is 0 Å². The molecule has 0 unspecified atom stereocenters. The number of nitro groups is 1. The Bertz CT molecular complexity index is 1890. The Balaban J connectivity index is 1.47. The highest BCUT2D eigenvalue weighted by Gasteiger charge is 2.53. The van der Waals surface area contributed by atoms with E-state index in [0.717, 1.165) is 28.8 Å². The van der Waals surface area contributed by atoms with Gasteiger partial charge >= 0.3 is 24.1 Å². The zero-order chi connectivity index (χ0) is 37.4. The van der Waals surface area contributed by atoms with Crippen LogP contribution in [-0.2, 0) is 28.4 Å². The molecule has 0 amide bonds. The molecule has 0 spiro atoms. The van der Waals surface area contributed by atoms with Gasteiger partial charge in [-0.3, -0.25) is 10.1 Å². The molecule has 0 N–H and O–H groups in total. The lowest BCUT2D eigenvalue weighted by molar-refractivity contribution is -0.384. The second-order valence-corrected chi connectivity index (χ2v) is 11.9. The van der Waals surface area contributed by atoms with Crippen molar-refractivity contribution in [2.75, 3.05) is 13.7 Å². The first-order valence-corrected chi connectivity index (χ1v) is 16.0. The molecule has 0 saturated carbocycles. The van der Waals surface area contributed by atoms with Crippen molar-refractivity contribution in [2.45, 2.75) is 51.5 Å². The predicted octanol–water partition coefficient (Wildman–Crippen LogP) is 6.08. The molecular weight excluding hydrogens is 678 g/mol. The van der Waals surface area contributed by atoms with Gasteiger partial charge in [0.1, 0.15) is 18.5 Å². The van der Waals surface area contributed by atoms with E-state index in [-0.39, 0.29) is 28.1 Å². The Morgan fingerprint density at radius 2 is 1.06 bits per heavy atom. The maximum Gasteiger partial charge on any atom is 0.513 e. The van der Waals surface area contributed by atoms with Gasteiger partial charge in [-0.15, -0.1) is 0 Å². The number of nitrogens with zero attached hydrogens (tertiary/aromatic N) is 1. The van der Waals surface area contributed by atoms with Gasteiger partial charge in [0.25, 0.3) is 5.69 Å². The zero-order valence-electron chi connectivity index (χ0n) is 28.6. The van der Waals surface area contributed by atoms with Crippen molar-refractivity contribution in [3.63, 3.8) is 0 Å². The van der Waals surface area contributed by atoms with E-state index in [0.29, 0.717) is 0 Å². The highest BCUT2D eigenvalue weighted by Crippen LogP contribution is 2.31. The molecule has 5 rings (SSSR count). The van der Waals surface area contributed by atoms with Crippen LogP contribution in [0.25, 0.3) is 0 Å². The molecule has 1 heterocycles. The normalized spacial score (nSPS) is 19.5. The van der Waals surface area contributed by atoms with Crippen LogP contribution in [-0.4, -0.2) is 73.4 Å². The van der Waals surface area contributed by atoms with Crippen LogP contribution in [0.4, 0.5) is 10.5 Å². The monoisotopic (exact) mass is 713 g/mol. The van der Waals surface area contributed by atoms with Crippen molar-refractivity contribution in [1.29, 1.82) is 0 Å². The molecule has 4 aromatic rings. The molecule has 4 aromatic carbocycles. The summed E-state index contributed by atoms with van der Waals surface area (Å²) in [7, 11) is 1.26. The first kappa shape index (κ1) is 37.1. The summed E-state index contributed by atoms with van der Waals surface area (Å²) in [5.41, 5.74) is 2.92. The molecule has 0 radical (unpaired) electrons. The molecule has 52 heavy (non-hydrogen) atoms. The van der Waals surface area contributed by atoms with Crippen molar-refractivity contribution in [1.82, 2.24) is 0 Å². The van der Waals surface area contributed by atoms with Gasteiger partial charge in [0, 0.05) is 19.2 Å². The Kier molecular flexibility index (Phi) is 11.9. The average Bonchev–Trinajstić information content (AvgIpc) is 3.13. The van der Waals surface area contributed by atoms with Gasteiger partial charge in [0.2, 0.25) is 0 Å². The van der Waals surface area contributed by atoms with E-state index in [1.807, 2.05) is 20.8 Å². The number of benzene rings is 4. The second kappa shape index (κ2) is 16.7. The van der Waals surface area contributed by atoms with Crippen LogP contribution in [0.1, 0.15) is 47.8 Å². The van der Waals surface area contributed by atoms with Crippen molar-refractivity contribution < 1.29 is 57.3 Å². The SMILES string of the molecule is CO[C@H]1O[C@H](COC(=O)Oc2ccc([N+](=O)[O-])cc2)[C@@H](OC(=O)c2ccc(C)cc2)[C@H](OC(=O)c2ccc(C)cc2)[C@H]1OC(=O)c1ccc(C)cc1. The first-order valence-electron chi connectivity index (χ1n) is 16.0. The van der Waals surface area contributed by atoms with Crippen LogP contribution in [0.15, 0.2) is 97.1 Å². The van der Waals surface area contributed by atoms with E-state index >= 15 is 0 Å². The van der Waals surface area contributed by atoms with Gasteiger partial charge in [-0.25, -0.2) is 19.2 Å². The lowest BCUT2D eigenvalue weighted by Crippen LogP contribution is -2.63. The quantitative estimate of drug-likeness (QED) is 0.0575. The summed E-state index contributed by atoms with van der Waals surface area (Å²) in [4.78, 5) is 63.7. The van der Waals surface area contributed by atoms with E-state index in [1.54, 1.807) is 60.7 Å². The van der Waals surface area contributed by atoms with Gasteiger partial charge in [0.05, 0.1) is 21.6 Å². The molecule has 0 aliphatic carbocycles. The smallest absolute Gasteiger partial charge is 0.452 e. The maximum absolute atomic E-state index is 13.6. The zero-order valence-corrected chi connectivity index (χ0v) is 28.6. The summed E-state index contributed by atoms with van der Waals surface area (Å²) >= 11 is 0. The summed E-state index contributed by atoms with van der Waals surface area (Å²) in [6.45, 7) is 4.90. The predicted molar refractivity (Wildman–Crippen MR) is 182 cm³/mol. The van der Waals surface area contributed by atoms with Crippen molar-refractivity contribution in [3.05, 3.63) is 141 Å². The van der Waals surface area contributed by atoms with Crippen molar-refractivity contribution in [3.8, 4) is 5.75 Å². The molecule has 270 valence electrons. The summed E-state index contributed by atoms with van der Waals surface area (Å²) in [5.74, 6) is -2.54. The van der Waals surface area contributed by atoms with Crippen LogP contribution in [0.2, 0.25) is 0 Å². The number of esters is 3. The fourth-order valence-corrected chi connectivity index (χ4v) is 5.16. The number of hydrogen-bond acceptors (Lipinski definition) is 13. The van der Waals surface area contributed by atoms with Gasteiger partial charge in [-0.05, 0) is 69.3 Å². The molecule has 5 atom stereocenters. The van der Waals surface area contributed by atoms with E-state index in [1.165, 1.54) is 31.4 Å². The summed E-state index contributed by atoms with van der Waals surface area (Å²) in [5, 5.41) is 11.0. The van der Waals surface area contributed by atoms with Gasteiger partial charge < -0.3 is 33.2 Å². The van der Waals surface area contributed by atoms with E-state index < -0.39 is 66.3 Å². The average molecular weight is 714 g/mol. The summed E-state index contributed by atoms with van der Waals surface area (Å²) < 4.78 is 39.9. The standard InChI is InChI=1S/C38H35NO13/c1-22-5-11-25(12-6-22)34(40)50-31-30(21-47-38(43)48-29-19-17-28(18-20-29)39(44)45)49-37(46-4)33(52-36(42)27-15-9-24(3)10-16-27)32(31)51-35(41)26-13-7-23(2)8-14-26/h5-20,30-33,37H,21H2,1-4H3/t30-,31-,32+,33-,37+/m1/s1. The Labute approximate surface area is 298 Å². The molecular formula is C38H35NO13. The highest BCUT2D eigenvalue weighted by molar-refractivity contribution is 5.91. The molecule has 14 nitrogen and oxygen atoms in total. The minimum atomic E-state index is -1.56. The number of hydrogen-bond donors (Lipinski definition) is 0. The minimum Gasteiger partial charge on any atom is -0.452 e. The van der Waals surface area contributed by atoms with E-state index in [9.17, 15) is 29.3 Å². The van der Waals surface area contributed by atoms with Crippen LogP contribution in [0.3, 0.4) is 0 Å². The Hall–Kier alpha value is -6.12. The molecule has 1 aliphatic heterocycles. The minimum absolute atomic E-state index is 0.0507. The third kappa shape index (κ3) is 9.35. The van der Waals surface area contributed by atoms with Crippen LogP contribution in [0.5, 0.6) is 5.75 Å². The lowest BCUT2D eigenvalue weighted by atomic mass is 9.97. The third-order valence-corrected chi connectivity index (χ3v) is 8.03. The van der Waals surface area contributed by atoms with Crippen molar-refractivity contribution >= 4 is 29.8 Å². The topological polar surface area (TPSA) is 176 Å². The van der Waals surface area contributed by atoms with E-state index in [4.69, 9.17) is 33.2 Å². The highest BCUT2D eigenvalue weighted by atomic mass is 16.8. The number of carbonyl (C=O) groups excluding carboxylic acids is 4. The fraction of sp³-hybridized carbons (Fsp3) is 0.263. The largest absolute Gasteiger partial charge is 0.513 e. The Morgan fingerprint density at radius 1 is 0.635 bits per heavy atom. The number of nitro benzene ring substituents is 1. The third-order valence-electron chi connectivity index (χ3n) is 8.03. The molecule has 0 aromatic heterocycles. The number of ether oxygens (including phenoxy) is 7. The molecule has 0 bridgehead atoms. The lowest BCUT2D eigenvalue weighted by Gasteiger charge is -2.43. The molecule has 1 fully saturated rings. The van der Waals surface area contributed by atoms with Gasteiger partial charge in [-0.1, -0.05) is 53.1 Å². The number of aryl methyl sites for hydroxylation is 3. The molecule has 1 saturated heterocycles. The second-order valence-electron chi connectivity index (χ2n) is 11.9.